The number of carbonyl (C=O) groups is 1. The van der Waals surface area contributed by atoms with Crippen molar-refractivity contribution >= 4 is 5.91 Å². The molecule has 1 aliphatic heterocycles. The molecule has 0 radical (unpaired) electrons. The van der Waals surface area contributed by atoms with Crippen molar-refractivity contribution in [3.05, 3.63) is 0 Å². The van der Waals surface area contributed by atoms with Crippen LogP contribution in [0.25, 0.3) is 0 Å². The molecule has 0 spiro atoms. The van der Waals surface area contributed by atoms with Crippen LogP contribution >= 0.6 is 0 Å². The van der Waals surface area contributed by atoms with Gasteiger partial charge in [-0.05, 0) is 19.3 Å². The molecule has 0 aromatic carbocycles. The van der Waals surface area contributed by atoms with E-state index in [-0.39, 0.29) is 5.91 Å². The maximum Gasteiger partial charge on any atom is 0.219 e. The maximum absolute atomic E-state index is 11.1. The summed E-state index contributed by atoms with van der Waals surface area (Å²) in [4.78, 5) is 15.3. The van der Waals surface area contributed by atoms with Crippen LogP contribution in [-0.2, 0) is 4.79 Å². The van der Waals surface area contributed by atoms with E-state index in [1.54, 1.807) is 6.92 Å². The molecule has 86 valence electrons. The Morgan fingerprint density at radius 3 is 2.27 bits per heavy atom. The summed E-state index contributed by atoms with van der Waals surface area (Å²) in [6.07, 6.45) is 3.05. The van der Waals surface area contributed by atoms with E-state index < -0.39 is 5.60 Å². The molecule has 4 heteroatoms. The minimum Gasteiger partial charge on any atom is -0.389 e. The van der Waals surface area contributed by atoms with E-state index in [1.165, 1.54) is 0 Å². The first kappa shape index (κ1) is 10.9. The summed E-state index contributed by atoms with van der Waals surface area (Å²) in [5, 5.41) is 10.0. The zero-order valence-electron chi connectivity index (χ0n) is 9.41. The van der Waals surface area contributed by atoms with Crippen molar-refractivity contribution < 1.29 is 9.90 Å². The number of hydrogen-bond donors (Lipinski definition) is 1. The highest BCUT2D eigenvalue weighted by Gasteiger charge is 2.36. The van der Waals surface area contributed by atoms with Gasteiger partial charge < -0.3 is 10.0 Å². The third kappa shape index (κ3) is 2.49. The molecule has 0 unspecified atom stereocenters. The zero-order valence-corrected chi connectivity index (χ0v) is 9.41. The van der Waals surface area contributed by atoms with Gasteiger partial charge in [0.1, 0.15) is 0 Å². The monoisotopic (exact) mass is 212 g/mol. The Kier molecular flexibility index (Phi) is 2.98. The Bertz CT molecular complexity index is 243. The maximum atomic E-state index is 11.1. The number of aliphatic hydroxyl groups is 1. The highest BCUT2D eigenvalue weighted by molar-refractivity contribution is 5.73. The molecule has 2 rings (SSSR count). The summed E-state index contributed by atoms with van der Waals surface area (Å²) in [6, 6.07) is 0. The Hall–Kier alpha value is -0.610. The van der Waals surface area contributed by atoms with Crippen LogP contribution in [0.4, 0.5) is 0 Å². The molecule has 2 fully saturated rings. The Balaban J connectivity index is 1.76. The highest BCUT2D eigenvalue weighted by atomic mass is 16.3. The van der Waals surface area contributed by atoms with Gasteiger partial charge in [0, 0.05) is 39.6 Å². The number of nitrogens with zero attached hydrogens (tertiary/aromatic N) is 2. The van der Waals surface area contributed by atoms with E-state index in [4.69, 9.17) is 0 Å². The van der Waals surface area contributed by atoms with E-state index in [0.29, 0.717) is 0 Å². The standard InChI is InChI=1S/C11H20N2O2/c1-10(14)13-7-5-12(6-8-13)9-11(15)3-2-4-11/h15H,2-9H2,1H3. The van der Waals surface area contributed by atoms with E-state index in [1.807, 2.05) is 4.90 Å². The van der Waals surface area contributed by atoms with Crippen molar-refractivity contribution in [2.45, 2.75) is 31.8 Å². The molecule has 1 saturated carbocycles. The van der Waals surface area contributed by atoms with Gasteiger partial charge in [-0.1, -0.05) is 0 Å². The fourth-order valence-electron chi connectivity index (χ4n) is 2.38. The van der Waals surface area contributed by atoms with Crippen LogP contribution in [0.5, 0.6) is 0 Å². The topological polar surface area (TPSA) is 43.8 Å². The van der Waals surface area contributed by atoms with Crippen LogP contribution in [0, 0.1) is 0 Å². The number of piperazine rings is 1. The second kappa shape index (κ2) is 4.10. The number of rotatable bonds is 2. The Morgan fingerprint density at radius 1 is 1.27 bits per heavy atom. The van der Waals surface area contributed by atoms with Gasteiger partial charge in [-0.25, -0.2) is 0 Å². The van der Waals surface area contributed by atoms with Gasteiger partial charge in [0.25, 0.3) is 0 Å². The average molecular weight is 212 g/mol. The van der Waals surface area contributed by atoms with Crippen LogP contribution in [0.15, 0.2) is 0 Å². The van der Waals surface area contributed by atoms with Crippen molar-refractivity contribution in [1.82, 2.24) is 9.80 Å². The van der Waals surface area contributed by atoms with E-state index in [9.17, 15) is 9.90 Å². The van der Waals surface area contributed by atoms with Gasteiger partial charge >= 0.3 is 0 Å². The fraction of sp³-hybridized carbons (Fsp3) is 0.909. The quantitative estimate of drug-likeness (QED) is 0.704. The third-order valence-corrected chi connectivity index (χ3v) is 3.62. The van der Waals surface area contributed by atoms with Crippen molar-refractivity contribution in [1.29, 1.82) is 0 Å². The van der Waals surface area contributed by atoms with Gasteiger partial charge in [0.15, 0.2) is 0 Å². The van der Waals surface area contributed by atoms with E-state index in [0.717, 1.165) is 52.0 Å². The molecule has 1 saturated heterocycles. The van der Waals surface area contributed by atoms with Crippen LogP contribution in [0.3, 0.4) is 0 Å². The number of hydrogen-bond acceptors (Lipinski definition) is 3. The smallest absolute Gasteiger partial charge is 0.219 e. The minimum atomic E-state index is -0.418. The summed E-state index contributed by atoms with van der Waals surface area (Å²) in [7, 11) is 0. The zero-order chi connectivity index (χ0) is 10.9. The van der Waals surface area contributed by atoms with Gasteiger partial charge in [-0.3, -0.25) is 9.69 Å². The predicted octanol–water partition coefficient (Wildman–Crippen LogP) is 0.0655. The summed E-state index contributed by atoms with van der Waals surface area (Å²) in [5.41, 5.74) is -0.418. The molecule has 15 heavy (non-hydrogen) atoms. The van der Waals surface area contributed by atoms with Crippen molar-refractivity contribution in [2.75, 3.05) is 32.7 Å². The second-order valence-electron chi connectivity index (χ2n) is 4.86. The Morgan fingerprint density at radius 2 is 1.87 bits per heavy atom. The van der Waals surface area contributed by atoms with Gasteiger partial charge in [-0.2, -0.15) is 0 Å². The largest absolute Gasteiger partial charge is 0.389 e. The molecule has 0 aromatic rings. The lowest BCUT2D eigenvalue weighted by molar-refractivity contribution is -0.131. The molecule has 1 amide bonds. The first-order valence-electron chi connectivity index (χ1n) is 5.79. The molecular weight excluding hydrogens is 192 g/mol. The second-order valence-corrected chi connectivity index (χ2v) is 4.86. The van der Waals surface area contributed by atoms with E-state index >= 15 is 0 Å². The lowest BCUT2D eigenvalue weighted by atomic mass is 9.80. The van der Waals surface area contributed by atoms with Crippen molar-refractivity contribution in [2.24, 2.45) is 0 Å². The van der Waals surface area contributed by atoms with Crippen molar-refractivity contribution in [3.8, 4) is 0 Å². The molecule has 1 heterocycles. The number of carbonyl (C=O) groups excluding carboxylic acids is 1. The molecular formula is C11H20N2O2. The van der Waals surface area contributed by atoms with Crippen molar-refractivity contribution in [3.63, 3.8) is 0 Å². The van der Waals surface area contributed by atoms with E-state index in [2.05, 4.69) is 4.90 Å². The number of β-amino-alcohol motifs (C(OH)–C–C–N with tert-alkyl or cyclic N) is 1. The third-order valence-electron chi connectivity index (χ3n) is 3.62. The van der Waals surface area contributed by atoms with Crippen LogP contribution < -0.4 is 0 Å². The van der Waals surface area contributed by atoms with Gasteiger partial charge in [-0.15, -0.1) is 0 Å². The lowest BCUT2D eigenvalue weighted by Crippen LogP contribution is -2.54. The molecule has 1 aliphatic carbocycles. The van der Waals surface area contributed by atoms with Gasteiger partial charge in [0.2, 0.25) is 5.91 Å². The molecule has 0 atom stereocenters. The molecule has 2 aliphatic rings. The SMILES string of the molecule is CC(=O)N1CCN(CC2(O)CCC2)CC1. The number of amides is 1. The molecule has 4 nitrogen and oxygen atoms in total. The first-order chi connectivity index (χ1) is 7.09. The van der Waals surface area contributed by atoms with Crippen LogP contribution in [0.1, 0.15) is 26.2 Å². The van der Waals surface area contributed by atoms with Crippen LogP contribution in [-0.4, -0.2) is 59.1 Å². The normalized spacial score (nSPS) is 26.1. The summed E-state index contributed by atoms with van der Waals surface area (Å²) < 4.78 is 0. The summed E-state index contributed by atoms with van der Waals surface area (Å²) >= 11 is 0. The van der Waals surface area contributed by atoms with Crippen LogP contribution in [0.2, 0.25) is 0 Å². The van der Waals surface area contributed by atoms with Gasteiger partial charge in [0.05, 0.1) is 5.60 Å². The molecule has 1 N–H and O–H groups in total. The highest BCUT2D eigenvalue weighted by Crippen LogP contribution is 2.32. The summed E-state index contributed by atoms with van der Waals surface area (Å²) in [5.74, 6) is 0.164. The predicted molar refractivity (Wildman–Crippen MR) is 57.5 cm³/mol. The fourth-order valence-corrected chi connectivity index (χ4v) is 2.38. The summed E-state index contributed by atoms with van der Waals surface area (Å²) in [6.45, 7) is 5.84. The molecule has 0 aromatic heterocycles. The Labute approximate surface area is 90.9 Å². The average Bonchev–Trinajstić information content (AvgIpc) is 2.16. The first-order valence-corrected chi connectivity index (χ1v) is 5.79. The lowest BCUT2D eigenvalue weighted by Gasteiger charge is -2.43. The minimum absolute atomic E-state index is 0.164. The molecule has 0 bridgehead atoms.